The molecule has 0 radical (unpaired) electrons. The van der Waals surface area contributed by atoms with Gasteiger partial charge in [0.05, 0.1) is 30.8 Å². The second-order valence-corrected chi connectivity index (χ2v) is 3.67. The molecule has 0 aliphatic rings. The van der Waals surface area contributed by atoms with Crippen molar-refractivity contribution in [2.45, 2.75) is 0 Å². The number of pyridine rings is 1. The molecule has 0 saturated carbocycles. The first-order chi connectivity index (χ1) is 9.02. The van der Waals surface area contributed by atoms with Gasteiger partial charge in [-0.25, -0.2) is 14.5 Å². The van der Waals surface area contributed by atoms with Gasteiger partial charge >= 0.3 is 5.97 Å². The van der Waals surface area contributed by atoms with Crippen molar-refractivity contribution in [3.8, 4) is 5.82 Å². The van der Waals surface area contributed by atoms with Crippen LogP contribution in [0.3, 0.4) is 0 Å². The van der Waals surface area contributed by atoms with Crippen LogP contribution in [0.4, 0.5) is 5.69 Å². The smallest absolute Gasteiger partial charge is 0.341 e. The van der Waals surface area contributed by atoms with Gasteiger partial charge < -0.3 is 16.2 Å². The Hall–Kier alpha value is -2.90. The topological polar surface area (TPSA) is 126 Å². The Morgan fingerprint density at radius 1 is 1.37 bits per heavy atom. The minimum Gasteiger partial charge on any atom is -0.465 e. The van der Waals surface area contributed by atoms with E-state index in [9.17, 15) is 9.59 Å². The predicted molar refractivity (Wildman–Crippen MR) is 65.6 cm³/mol. The monoisotopic (exact) mass is 261 g/mol. The van der Waals surface area contributed by atoms with Crippen molar-refractivity contribution in [3.05, 3.63) is 35.8 Å². The highest BCUT2D eigenvalue weighted by Crippen LogP contribution is 2.16. The van der Waals surface area contributed by atoms with E-state index in [4.69, 9.17) is 11.5 Å². The lowest BCUT2D eigenvalue weighted by molar-refractivity contribution is 0.0600. The molecule has 2 heterocycles. The molecule has 0 aliphatic carbocycles. The molecule has 0 unspecified atom stereocenters. The first kappa shape index (κ1) is 12.6. The van der Waals surface area contributed by atoms with Crippen LogP contribution in [0, 0.1) is 0 Å². The standard InChI is InChI=1S/C11H11N5O3/c1-19-11(18)8-2-7(12)4-14-10(8)16-5-6(3-15-16)9(13)17/h2-5H,12H2,1H3,(H2,13,17). The third-order valence-corrected chi connectivity index (χ3v) is 2.38. The van der Waals surface area contributed by atoms with Crippen molar-refractivity contribution in [1.29, 1.82) is 0 Å². The zero-order valence-electron chi connectivity index (χ0n) is 10.0. The number of nitrogens with two attached hydrogens (primary N) is 2. The maximum atomic E-state index is 11.6. The van der Waals surface area contributed by atoms with Crippen LogP contribution >= 0.6 is 0 Å². The zero-order chi connectivity index (χ0) is 14.0. The Bertz CT molecular complexity index is 650. The van der Waals surface area contributed by atoms with Gasteiger partial charge in [-0.1, -0.05) is 0 Å². The van der Waals surface area contributed by atoms with Crippen molar-refractivity contribution in [3.63, 3.8) is 0 Å². The molecule has 0 aromatic carbocycles. The SMILES string of the molecule is COC(=O)c1cc(N)cnc1-n1cc(C(N)=O)cn1. The predicted octanol–water partition coefficient (Wildman–Crippen LogP) is -0.265. The quantitative estimate of drug-likeness (QED) is 0.732. The van der Waals surface area contributed by atoms with Gasteiger partial charge in [0.15, 0.2) is 5.82 Å². The van der Waals surface area contributed by atoms with Crippen LogP contribution in [0.2, 0.25) is 0 Å². The van der Waals surface area contributed by atoms with Crippen LogP contribution < -0.4 is 11.5 Å². The third kappa shape index (κ3) is 2.37. The summed E-state index contributed by atoms with van der Waals surface area (Å²) in [6.45, 7) is 0. The van der Waals surface area contributed by atoms with Crippen molar-refractivity contribution in [2.24, 2.45) is 5.73 Å². The molecule has 0 aliphatic heterocycles. The van der Waals surface area contributed by atoms with E-state index in [0.29, 0.717) is 5.69 Å². The molecule has 0 saturated heterocycles. The van der Waals surface area contributed by atoms with Crippen LogP contribution in [-0.2, 0) is 4.74 Å². The van der Waals surface area contributed by atoms with Crippen molar-refractivity contribution >= 4 is 17.6 Å². The maximum Gasteiger partial charge on any atom is 0.341 e. The minimum absolute atomic E-state index is 0.140. The van der Waals surface area contributed by atoms with Crippen molar-refractivity contribution < 1.29 is 14.3 Å². The lowest BCUT2D eigenvalue weighted by Crippen LogP contribution is -2.12. The van der Waals surface area contributed by atoms with Gasteiger partial charge in [-0.15, -0.1) is 0 Å². The number of esters is 1. The summed E-state index contributed by atoms with van der Waals surface area (Å²) in [5, 5.41) is 3.92. The number of carbonyl (C=O) groups excluding carboxylic acids is 2. The number of nitrogens with zero attached hydrogens (tertiary/aromatic N) is 3. The van der Waals surface area contributed by atoms with E-state index in [1.54, 1.807) is 0 Å². The molecule has 8 nitrogen and oxygen atoms in total. The van der Waals surface area contributed by atoms with E-state index in [1.165, 1.54) is 36.4 Å². The van der Waals surface area contributed by atoms with E-state index in [-0.39, 0.29) is 16.9 Å². The molecule has 0 fully saturated rings. The van der Waals surface area contributed by atoms with Gasteiger partial charge in [-0.2, -0.15) is 5.10 Å². The largest absolute Gasteiger partial charge is 0.465 e. The molecule has 0 atom stereocenters. The number of amides is 1. The number of methoxy groups -OCH3 is 1. The Balaban J connectivity index is 2.54. The van der Waals surface area contributed by atoms with E-state index in [1.807, 2.05) is 0 Å². The van der Waals surface area contributed by atoms with E-state index in [0.717, 1.165) is 0 Å². The summed E-state index contributed by atoms with van der Waals surface area (Å²) >= 11 is 0. The number of hydrogen-bond acceptors (Lipinski definition) is 6. The number of hydrogen-bond donors (Lipinski definition) is 2. The summed E-state index contributed by atoms with van der Waals surface area (Å²) in [5.41, 5.74) is 11.4. The molecule has 2 rings (SSSR count). The van der Waals surface area contributed by atoms with Gasteiger partial charge in [0.2, 0.25) is 0 Å². The molecule has 0 spiro atoms. The molecule has 1 amide bonds. The summed E-state index contributed by atoms with van der Waals surface area (Å²) in [5.74, 6) is -1.03. The fourth-order valence-electron chi connectivity index (χ4n) is 1.48. The molecule has 98 valence electrons. The summed E-state index contributed by atoms with van der Waals surface area (Å²) in [6.07, 6.45) is 4.02. The lowest BCUT2D eigenvalue weighted by Gasteiger charge is -2.07. The number of aromatic nitrogens is 3. The van der Waals surface area contributed by atoms with E-state index < -0.39 is 11.9 Å². The van der Waals surface area contributed by atoms with E-state index >= 15 is 0 Å². The summed E-state index contributed by atoms with van der Waals surface area (Å²) in [6, 6.07) is 1.42. The van der Waals surface area contributed by atoms with Gasteiger partial charge in [-0.3, -0.25) is 4.79 Å². The van der Waals surface area contributed by atoms with Crippen LogP contribution in [0.1, 0.15) is 20.7 Å². The fourth-order valence-corrected chi connectivity index (χ4v) is 1.48. The molecule has 2 aromatic heterocycles. The molecule has 0 bridgehead atoms. The Morgan fingerprint density at radius 3 is 2.68 bits per heavy atom. The highest BCUT2D eigenvalue weighted by molar-refractivity contribution is 5.94. The third-order valence-electron chi connectivity index (χ3n) is 2.38. The highest BCUT2D eigenvalue weighted by atomic mass is 16.5. The average molecular weight is 261 g/mol. The van der Waals surface area contributed by atoms with Crippen LogP contribution in [0.5, 0.6) is 0 Å². The van der Waals surface area contributed by atoms with Crippen LogP contribution in [-0.4, -0.2) is 33.8 Å². The van der Waals surface area contributed by atoms with Crippen molar-refractivity contribution in [2.75, 3.05) is 12.8 Å². The first-order valence-corrected chi connectivity index (χ1v) is 5.21. The minimum atomic E-state index is -0.624. The van der Waals surface area contributed by atoms with Gasteiger partial charge in [0.1, 0.15) is 5.56 Å². The van der Waals surface area contributed by atoms with Crippen molar-refractivity contribution in [1.82, 2.24) is 14.8 Å². The Labute approximate surface area is 108 Å². The summed E-state index contributed by atoms with van der Waals surface area (Å²) in [4.78, 5) is 26.7. The number of anilines is 1. The molecular formula is C11H11N5O3. The molecule has 4 N–H and O–H groups in total. The second-order valence-electron chi connectivity index (χ2n) is 3.67. The second kappa shape index (κ2) is 4.77. The van der Waals surface area contributed by atoms with Crippen LogP contribution in [0.25, 0.3) is 5.82 Å². The zero-order valence-corrected chi connectivity index (χ0v) is 10.0. The lowest BCUT2D eigenvalue weighted by atomic mass is 10.2. The number of primary amides is 1. The van der Waals surface area contributed by atoms with Crippen LogP contribution in [0.15, 0.2) is 24.7 Å². The average Bonchev–Trinajstić information content (AvgIpc) is 2.87. The summed E-state index contributed by atoms with van der Waals surface area (Å²) in [7, 11) is 1.24. The van der Waals surface area contributed by atoms with Gasteiger partial charge in [0, 0.05) is 6.20 Å². The Kier molecular flexibility index (Phi) is 3.15. The number of ether oxygens (including phenoxy) is 1. The maximum absolute atomic E-state index is 11.6. The Morgan fingerprint density at radius 2 is 2.11 bits per heavy atom. The summed E-state index contributed by atoms with van der Waals surface area (Å²) < 4.78 is 5.90. The van der Waals surface area contributed by atoms with Gasteiger partial charge in [0.25, 0.3) is 5.91 Å². The van der Waals surface area contributed by atoms with Gasteiger partial charge in [-0.05, 0) is 6.07 Å². The number of nitrogen functional groups attached to an aromatic ring is 1. The molecule has 19 heavy (non-hydrogen) atoms. The normalized spacial score (nSPS) is 10.2. The molecule has 8 heteroatoms. The van der Waals surface area contributed by atoms with E-state index in [2.05, 4.69) is 14.8 Å². The fraction of sp³-hybridized carbons (Fsp3) is 0.0909. The molecule has 2 aromatic rings. The first-order valence-electron chi connectivity index (χ1n) is 5.21. The molecular weight excluding hydrogens is 250 g/mol. The number of carbonyl (C=O) groups is 2. The highest BCUT2D eigenvalue weighted by Gasteiger charge is 2.17. The number of rotatable bonds is 3.